The minimum Gasteiger partial charge on any atom is -0.330 e. The molecular formula is C22H47N7O2S. The Morgan fingerprint density at radius 1 is 1.06 bits per heavy atom. The van der Waals surface area contributed by atoms with Crippen molar-refractivity contribution >= 4 is 10.0 Å². The number of likely N-dealkylation sites (N-methyl/N-ethyl adjacent to an activating group) is 1. The Kier molecular flexibility index (Phi) is 10.6. The maximum Gasteiger partial charge on any atom is 0.217 e. The fourth-order valence-corrected chi connectivity index (χ4v) is 7.31. The second kappa shape index (κ2) is 12.9. The molecule has 0 amide bonds. The van der Waals surface area contributed by atoms with Crippen LogP contribution in [0.1, 0.15) is 57.8 Å². The third-order valence-electron chi connectivity index (χ3n) is 7.81. The number of nitrogens with one attached hydrogen (secondary N) is 4. The molecule has 0 aromatic rings. The molecule has 0 bridgehead atoms. The van der Waals surface area contributed by atoms with E-state index in [2.05, 4.69) is 25.6 Å². The molecule has 3 fully saturated rings. The van der Waals surface area contributed by atoms with Crippen LogP contribution in [0.3, 0.4) is 0 Å². The van der Waals surface area contributed by atoms with E-state index in [-0.39, 0.29) is 24.8 Å². The highest BCUT2D eigenvalue weighted by atomic mass is 32.2. The first-order valence-electron chi connectivity index (χ1n) is 12.8. The predicted molar refractivity (Wildman–Crippen MR) is 131 cm³/mol. The molecule has 2 saturated heterocycles. The first-order chi connectivity index (χ1) is 15.5. The SMILES string of the molecule is CNC1C(CN)CCCC1NS(=O)(=O)C(CN)CNC1CC(N2CCCCCC2)CCN1. The van der Waals surface area contributed by atoms with E-state index in [9.17, 15) is 8.42 Å². The van der Waals surface area contributed by atoms with Crippen molar-refractivity contribution in [3.63, 3.8) is 0 Å². The highest BCUT2D eigenvalue weighted by Gasteiger charge is 2.36. The van der Waals surface area contributed by atoms with E-state index in [0.29, 0.717) is 25.0 Å². The van der Waals surface area contributed by atoms with Gasteiger partial charge in [0.1, 0.15) is 5.25 Å². The molecule has 32 heavy (non-hydrogen) atoms. The first kappa shape index (κ1) is 26.3. The third kappa shape index (κ3) is 7.09. The summed E-state index contributed by atoms with van der Waals surface area (Å²) in [5, 5.41) is 9.64. The van der Waals surface area contributed by atoms with Crippen LogP contribution in [0.15, 0.2) is 0 Å². The highest BCUT2D eigenvalue weighted by molar-refractivity contribution is 7.90. The van der Waals surface area contributed by atoms with Crippen molar-refractivity contribution in [2.75, 3.05) is 46.3 Å². The molecule has 9 nitrogen and oxygen atoms in total. The fourth-order valence-electron chi connectivity index (χ4n) is 5.87. The lowest BCUT2D eigenvalue weighted by molar-refractivity contribution is 0.139. The highest BCUT2D eigenvalue weighted by Crippen LogP contribution is 2.25. The van der Waals surface area contributed by atoms with Gasteiger partial charge >= 0.3 is 0 Å². The van der Waals surface area contributed by atoms with E-state index in [4.69, 9.17) is 11.5 Å². The lowest BCUT2D eigenvalue weighted by Crippen LogP contribution is -2.60. The van der Waals surface area contributed by atoms with E-state index in [0.717, 1.165) is 38.6 Å². The molecule has 0 aromatic carbocycles. The van der Waals surface area contributed by atoms with Gasteiger partial charge in [-0.15, -0.1) is 0 Å². The zero-order valence-corrected chi connectivity index (χ0v) is 20.7. The summed E-state index contributed by atoms with van der Waals surface area (Å²) >= 11 is 0. The van der Waals surface area contributed by atoms with E-state index in [1.807, 2.05) is 7.05 Å². The summed E-state index contributed by atoms with van der Waals surface area (Å²) in [4.78, 5) is 2.65. The Labute approximate surface area is 195 Å². The van der Waals surface area contributed by atoms with Crippen molar-refractivity contribution in [3.05, 3.63) is 0 Å². The number of hydrogen-bond donors (Lipinski definition) is 6. The van der Waals surface area contributed by atoms with Crippen LogP contribution in [0.4, 0.5) is 0 Å². The van der Waals surface area contributed by atoms with Gasteiger partial charge < -0.3 is 32.3 Å². The van der Waals surface area contributed by atoms with Gasteiger partial charge in [0.15, 0.2) is 0 Å². The molecule has 8 N–H and O–H groups in total. The fraction of sp³-hybridized carbons (Fsp3) is 1.00. The van der Waals surface area contributed by atoms with Gasteiger partial charge in [-0.2, -0.15) is 0 Å². The summed E-state index contributed by atoms with van der Waals surface area (Å²) in [6, 6.07) is 0.496. The summed E-state index contributed by atoms with van der Waals surface area (Å²) in [6.45, 7) is 4.37. The van der Waals surface area contributed by atoms with Crippen LogP contribution >= 0.6 is 0 Å². The Morgan fingerprint density at radius 2 is 1.81 bits per heavy atom. The number of rotatable bonds is 10. The van der Waals surface area contributed by atoms with E-state index < -0.39 is 15.3 Å². The van der Waals surface area contributed by atoms with Gasteiger partial charge in [0.25, 0.3) is 0 Å². The van der Waals surface area contributed by atoms with Gasteiger partial charge in [0, 0.05) is 31.2 Å². The smallest absolute Gasteiger partial charge is 0.217 e. The number of likely N-dealkylation sites (tertiary alicyclic amines) is 1. The number of nitrogens with two attached hydrogens (primary N) is 2. The Hall–Kier alpha value is -0.330. The minimum atomic E-state index is -3.54. The van der Waals surface area contributed by atoms with Crippen LogP contribution in [0.2, 0.25) is 0 Å². The molecule has 2 heterocycles. The molecule has 6 atom stereocenters. The van der Waals surface area contributed by atoms with E-state index in [1.165, 1.54) is 38.8 Å². The van der Waals surface area contributed by atoms with E-state index >= 15 is 0 Å². The molecule has 2 aliphatic heterocycles. The van der Waals surface area contributed by atoms with Crippen molar-refractivity contribution in [1.82, 2.24) is 25.6 Å². The molecule has 188 valence electrons. The van der Waals surface area contributed by atoms with Gasteiger partial charge in [-0.25, -0.2) is 13.1 Å². The zero-order chi connectivity index (χ0) is 23.0. The molecule has 3 aliphatic rings. The molecule has 0 spiro atoms. The van der Waals surface area contributed by atoms with Gasteiger partial charge in [0.2, 0.25) is 10.0 Å². The van der Waals surface area contributed by atoms with Gasteiger partial charge in [-0.1, -0.05) is 19.3 Å². The number of sulfonamides is 1. The molecule has 0 aromatic heterocycles. The number of nitrogens with zero attached hydrogens (tertiary/aromatic N) is 1. The second-order valence-corrected chi connectivity index (χ2v) is 11.9. The van der Waals surface area contributed by atoms with Crippen molar-refractivity contribution < 1.29 is 8.42 Å². The van der Waals surface area contributed by atoms with Crippen LogP contribution < -0.4 is 32.1 Å². The lowest BCUT2D eigenvalue weighted by atomic mass is 9.81. The largest absolute Gasteiger partial charge is 0.330 e. The zero-order valence-electron chi connectivity index (χ0n) is 19.9. The Morgan fingerprint density at radius 3 is 2.47 bits per heavy atom. The topological polar surface area (TPSA) is 138 Å². The molecule has 10 heteroatoms. The molecule has 1 saturated carbocycles. The molecule has 0 radical (unpaired) electrons. The maximum atomic E-state index is 13.2. The quantitative estimate of drug-likeness (QED) is 0.250. The predicted octanol–water partition coefficient (Wildman–Crippen LogP) is -0.508. The van der Waals surface area contributed by atoms with Crippen molar-refractivity contribution in [2.24, 2.45) is 17.4 Å². The Bertz CT molecular complexity index is 642. The third-order valence-corrected chi connectivity index (χ3v) is 9.68. The summed E-state index contributed by atoms with van der Waals surface area (Å²) in [5.74, 6) is 0.290. The average molecular weight is 474 g/mol. The van der Waals surface area contributed by atoms with Crippen LogP contribution in [0, 0.1) is 5.92 Å². The van der Waals surface area contributed by atoms with Crippen molar-refractivity contribution in [1.29, 1.82) is 0 Å². The molecule has 1 aliphatic carbocycles. The summed E-state index contributed by atoms with van der Waals surface area (Å²) in [5.41, 5.74) is 11.9. The molecule has 6 unspecified atom stereocenters. The lowest BCUT2D eigenvalue weighted by Gasteiger charge is -2.39. The van der Waals surface area contributed by atoms with Crippen LogP contribution in [-0.4, -0.2) is 89.2 Å². The second-order valence-electron chi connectivity index (χ2n) is 9.91. The average Bonchev–Trinajstić information content (AvgIpc) is 3.08. The van der Waals surface area contributed by atoms with Crippen LogP contribution in [-0.2, 0) is 10.0 Å². The first-order valence-corrected chi connectivity index (χ1v) is 14.3. The normalized spacial score (nSPS) is 34.2. The van der Waals surface area contributed by atoms with Crippen LogP contribution in [0.25, 0.3) is 0 Å². The Balaban J connectivity index is 1.53. The van der Waals surface area contributed by atoms with E-state index in [1.54, 1.807) is 0 Å². The maximum absolute atomic E-state index is 13.2. The number of hydrogen-bond acceptors (Lipinski definition) is 8. The van der Waals surface area contributed by atoms with Gasteiger partial charge in [-0.05, 0) is 77.7 Å². The summed E-state index contributed by atoms with van der Waals surface area (Å²) < 4.78 is 29.4. The van der Waals surface area contributed by atoms with Gasteiger partial charge in [-0.3, -0.25) is 0 Å². The minimum absolute atomic E-state index is 0.0595. The van der Waals surface area contributed by atoms with Crippen molar-refractivity contribution in [3.8, 4) is 0 Å². The monoisotopic (exact) mass is 473 g/mol. The standard InChI is InChI=1S/C22H47N7O2S/c1-25-22-17(14-23)7-6-8-20(22)28-32(30,31)19(15-24)16-27-21-13-18(9-10-26-21)29-11-4-2-3-5-12-29/h17-22,25-28H,2-16,23-24H2,1H3. The summed E-state index contributed by atoms with van der Waals surface area (Å²) in [6.07, 6.45) is 10.4. The van der Waals surface area contributed by atoms with Crippen LogP contribution in [0.5, 0.6) is 0 Å². The molecule has 3 rings (SSSR count). The molecular weight excluding hydrogens is 426 g/mol. The van der Waals surface area contributed by atoms with Gasteiger partial charge in [0.05, 0.1) is 6.17 Å². The number of piperidine rings is 1. The summed E-state index contributed by atoms with van der Waals surface area (Å²) in [7, 11) is -1.66. The van der Waals surface area contributed by atoms with Crippen molar-refractivity contribution in [2.45, 2.75) is 87.3 Å².